The first-order chi connectivity index (χ1) is 46.5. The third-order valence-corrected chi connectivity index (χ3v) is 21.3. The molecule has 538 valence electrons. The molecule has 0 spiro atoms. The summed E-state index contributed by atoms with van der Waals surface area (Å²) >= 11 is 0. The number of hydrogen-bond donors (Lipinski definition) is 4. The highest BCUT2D eigenvalue weighted by Crippen LogP contribution is 2.51. The summed E-state index contributed by atoms with van der Waals surface area (Å²) in [6, 6.07) is 23.3. The largest absolute Gasteiger partial charge is 0.497 e. The van der Waals surface area contributed by atoms with Crippen molar-refractivity contribution in [2.24, 2.45) is 10.3 Å². The molecular weight excluding hydrogens is 1320 g/mol. The number of benzene rings is 4. The van der Waals surface area contributed by atoms with Gasteiger partial charge in [0, 0.05) is 98.4 Å². The molecule has 2 aliphatic carbocycles. The number of aromatic carboxylic acids is 1. The van der Waals surface area contributed by atoms with Gasteiger partial charge in [-0.05, 0) is 192 Å². The molecule has 2 fully saturated rings. The van der Waals surface area contributed by atoms with Crippen LogP contribution in [0.25, 0.3) is 55.5 Å². The van der Waals surface area contributed by atoms with Crippen LogP contribution in [-0.2, 0) is 52.6 Å². The summed E-state index contributed by atoms with van der Waals surface area (Å²) in [5.74, 6) is -2.25. The summed E-state index contributed by atoms with van der Waals surface area (Å²) < 4.78 is 102. The highest BCUT2D eigenvalue weighted by atomic mass is 32.2. The van der Waals surface area contributed by atoms with Crippen molar-refractivity contribution in [2.75, 3.05) is 68.6 Å². The van der Waals surface area contributed by atoms with Gasteiger partial charge in [-0.1, -0.05) is 50.7 Å². The number of alkyl halides is 3. The molecule has 2 aliphatic heterocycles. The molecule has 6 aromatic rings. The number of aliphatic carboxylic acids is 1. The van der Waals surface area contributed by atoms with Crippen molar-refractivity contribution in [1.29, 1.82) is 0 Å². The molecule has 27 heteroatoms. The van der Waals surface area contributed by atoms with Crippen LogP contribution < -0.4 is 19.8 Å². The Balaban J connectivity index is 0.000000231. The molecule has 4 aliphatic rings. The number of rotatable bonds is 20. The topological polar surface area (TPSA) is 297 Å². The normalized spacial score (nSPS) is 15.4. The van der Waals surface area contributed by atoms with Crippen LogP contribution in [0.2, 0.25) is 0 Å². The molecule has 0 radical (unpaired) electrons. The second kappa shape index (κ2) is 31.6. The monoisotopic (exact) mass is 1410 g/mol. The number of likely N-dealkylation sites (N-methyl/N-ethyl adjacent to an activating group) is 2. The third kappa shape index (κ3) is 17.9. The van der Waals surface area contributed by atoms with Crippen LogP contribution in [0.15, 0.2) is 83.9 Å². The average molecular weight is 1420 g/mol. The number of carboxylic acid groups (broad SMARTS) is 2. The SMILES string of the molecule is COc1ccc2c(c1)C(C)=C(C(=O)N(C)CCCCN(C)S(N)(=O)=O)Cn1c-2c(C2CCCCC2)c2ccc(C(=O)O)cc21.COc1ccc2c(c1)C(C)=C(C(=O)N(C)CCCCN(C)S(N)(=O)=O)Cn1c-2c(C2CCCCC2)c2ccc(C(=O)OC(C)(C)C)cc21.O=C(O)C(F)(F)F. The summed E-state index contributed by atoms with van der Waals surface area (Å²) in [5.41, 5.74) is 13.4. The van der Waals surface area contributed by atoms with Gasteiger partial charge in [0.25, 0.3) is 32.2 Å². The Morgan fingerprint density at radius 2 is 0.909 bits per heavy atom. The number of halogens is 3. The lowest BCUT2D eigenvalue weighted by atomic mass is 9.81. The molecule has 22 nitrogen and oxygen atoms in total. The number of amides is 2. The zero-order chi connectivity index (χ0) is 72.8. The van der Waals surface area contributed by atoms with Gasteiger partial charge >= 0.3 is 24.1 Å². The number of carbonyl (C=O) groups excluding carboxylic acids is 3. The van der Waals surface area contributed by atoms with E-state index in [4.69, 9.17) is 34.4 Å². The van der Waals surface area contributed by atoms with Crippen LogP contribution in [0.1, 0.15) is 179 Å². The quantitative estimate of drug-likeness (QED) is 0.0408. The Kier molecular flexibility index (Phi) is 24.5. The summed E-state index contributed by atoms with van der Waals surface area (Å²) in [6.45, 7) is 11.6. The lowest BCUT2D eigenvalue weighted by Crippen LogP contribution is -2.35. The smallest absolute Gasteiger partial charge is 0.490 e. The number of hydrogen-bond acceptors (Lipinski definition) is 12. The van der Waals surface area contributed by atoms with Crippen molar-refractivity contribution >= 4 is 83.1 Å². The summed E-state index contributed by atoms with van der Waals surface area (Å²) in [7, 11) is 2.20. The minimum absolute atomic E-state index is 0.0988. The molecule has 0 atom stereocenters. The highest BCUT2D eigenvalue weighted by molar-refractivity contribution is 7.87. The van der Waals surface area contributed by atoms with Gasteiger partial charge in [0.15, 0.2) is 0 Å². The van der Waals surface area contributed by atoms with E-state index in [1.165, 1.54) is 50.9 Å². The minimum Gasteiger partial charge on any atom is -0.497 e. The maximum absolute atomic E-state index is 14.3. The molecule has 4 aromatic carbocycles. The van der Waals surface area contributed by atoms with Gasteiger partial charge in [0.05, 0.1) is 49.8 Å². The second-order valence-electron chi connectivity index (χ2n) is 27.1. The van der Waals surface area contributed by atoms with Gasteiger partial charge in [0.1, 0.15) is 17.1 Å². The van der Waals surface area contributed by atoms with Crippen molar-refractivity contribution in [2.45, 2.75) is 161 Å². The van der Waals surface area contributed by atoms with Crippen molar-refractivity contribution in [1.82, 2.24) is 27.5 Å². The van der Waals surface area contributed by atoms with E-state index in [1.807, 2.05) is 77.1 Å². The van der Waals surface area contributed by atoms with Crippen LogP contribution in [0.5, 0.6) is 11.5 Å². The van der Waals surface area contributed by atoms with E-state index in [1.54, 1.807) is 50.2 Å². The molecule has 6 N–H and O–H groups in total. The molecule has 0 unspecified atom stereocenters. The lowest BCUT2D eigenvalue weighted by Gasteiger charge is -2.24. The van der Waals surface area contributed by atoms with E-state index < -0.39 is 44.1 Å². The predicted octanol–water partition coefficient (Wildman–Crippen LogP) is 12.3. The average Bonchev–Trinajstić information content (AvgIpc) is 1.58. The number of carbonyl (C=O) groups is 5. The molecule has 10 rings (SSSR count). The van der Waals surface area contributed by atoms with Crippen LogP contribution in [0.3, 0.4) is 0 Å². The summed E-state index contributed by atoms with van der Waals surface area (Å²) in [5, 5.41) is 29.6. The number of nitrogens with zero attached hydrogens (tertiary/aromatic N) is 6. The number of fused-ring (bicyclic) bond motifs is 10. The second-order valence-corrected chi connectivity index (χ2v) is 30.4. The first-order valence-corrected chi connectivity index (χ1v) is 36.3. The molecule has 2 aromatic heterocycles. The van der Waals surface area contributed by atoms with Gasteiger partial charge < -0.3 is 43.4 Å². The van der Waals surface area contributed by atoms with Crippen molar-refractivity contribution in [3.05, 3.63) is 117 Å². The summed E-state index contributed by atoms with van der Waals surface area (Å²) in [4.78, 5) is 66.1. The van der Waals surface area contributed by atoms with Gasteiger partial charge in [-0.2, -0.15) is 38.6 Å². The zero-order valence-corrected chi connectivity index (χ0v) is 59.9. The first-order valence-electron chi connectivity index (χ1n) is 33.3. The first kappa shape index (κ1) is 76.7. The molecular formula is C72H93F3N8O14S2. The van der Waals surface area contributed by atoms with E-state index >= 15 is 0 Å². The van der Waals surface area contributed by atoms with Gasteiger partial charge in [-0.3, -0.25) is 9.59 Å². The standard InChI is InChI=1S/C37H50N4O6S.C33H42N4O6S.C2HF3O2/c1-24-30-22-27(46-7)16-18-28(30)34-33(25-13-9-8-10-14-25)29-17-15-26(36(43)47-37(2,3)4)21-32(29)41(34)23-31(24)35(42)39(5)19-11-12-20-40(6)48(38,44)45;1-21-27-19-24(43-4)13-15-25(27)31-30(22-10-6-5-7-11-22)26-14-12-23(33(39)40)18-29(26)37(31)20-28(21)32(38)35(2)16-8-9-17-36(3)44(34,41)42;3-2(4,5)1(6)7/h15-18,21-22,25H,8-14,19-20,23H2,1-7H3,(H2,38,44,45);12-15,18-19,22H,5-11,16-17,20H2,1-4H3,(H,39,40)(H2,34,41,42);(H,6,7). The highest BCUT2D eigenvalue weighted by Gasteiger charge is 2.39. The molecule has 4 heterocycles. The predicted molar refractivity (Wildman–Crippen MR) is 376 cm³/mol. The van der Waals surface area contributed by atoms with E-state index in [2.05, 4.69) is 27.3 Å². The van der Waals surface area contributed by atoms with E-state index in [-0.39, 0.29) is 36.4 Å². The van der Waals surface area contributed by atoms with Crippen LogP contribution >= 0.6 is 0 Å². The number of nitrogens with two attached hydrogens (primary N) is 2. The number of aromatic nitrogens is 2. The Morgan fingerprint density at radius 3 is 1.25 bits per heavy atom. The number of esters is 1. The fraction of sp³-hybridized carbons (Fsp3) is 0.486. The molecule has 0 bridgehead atoms. The number of unbranched alkanes of at least 4 members (excludes halogenated alkanes) is 2. The van der Waals surface area contributed by atoms with Gasteiger partial charge in [0.2, 0.25) is 0 Å². The maximum atomic E-state index is 14.3. The van der Waals surface area contributed by atoms with E-state index in [0.29, 0.717) is 91.9 Å². The minimum atomic E-state index is -5.08. The number of carboxylic acids is 2. The fourth-order valence-corrected chi connectivity index (χ4v) is 14.6. The maximum Gasteiger partial charge on any atom is 0.490 e. The van der Waals surface area contributed by atoms with E-state index in [9.17, 15) is 54.3 Å². The van der Waals surface area contributed by atoms with Crippen LogP contribution in [-0.4, -0.2) is 165 Å². The summed E-state index contributed by atoms with van der Waals surface area (Å²) in [6.07, 6.45) is 8.64. The van der Waals surface area contributed by atoms with Gasteiger partial charge in [-0.25, -0.2) is 24.7 Å². The molecule has 2 saturated carbocycles. The number of allylic oxidation sites excluding steroid dienone is 2. The number of ether oxygens (including phenoxy) is 3. The van der Waals surface area contributed by atoms with Crippen LogP contribution in [0.4, 0.5) is 13.2 Å². The Morgan fingerprint density at radius 1 is 0.545 bits per heavy atom. The molecule has 2 amide bonds. The van der Waals surface area contributed by atoms with Crippen molar-refractivity contribution < 1.29 is 78.4 Å². The lowest BCUT2D eigenvalue weighted by molar-refractivity contribution is -0.192. The third-order valence-electron chi connectivity index (χ3n) is 19.2. The Bertz CT molecular complexity index is 4350. The van der Waals surface area contributed by atoms with Crippen molar-refractivity contribution in [3.63, 3.8) is 0 Å². The molecule has 0 saturated heterocycles. The van der Waals surface area contributed by atoms with E-state index in [0.717, 1.165) is 114 Å². The number of methoxy groups -OCH3 is 2. The Labute approximate surface area is 577 Å². The van der Waals surface area contributed by atoms with Gasteiger partial charge in [-0.15, -0.1) is 0 Å². The fourth-order valence-electron chi connectivity index (χ4n) is 13.8. The zero-order valence-electron chi connectivity index (χ0n) is 58.3. The Hall–Kier alpha value is -8.08. The van der Waals surface area contributed by atoms with Crippen LogP contribution in [0, 0.1) is 0 Å². The van der Waals surface area contributed by atoms with Crippen molar-refractivity contribution in [3.8, 4) is 34.0 Å². The molecule has 99 heavy (non-hydrogen) atoms.